The molecular weight excluding hydrogens is 355 g/mol. The first-order valence-electron chi connectivity index (χ1n) is 6.19. The van der Waals surface area contributed by atoms with Gasteiger partial charge < -0.3 is 0 Å². The molecule has 104 valence electrons. The van der Waals surface area contributed by atoms with E-state index in [1.807, 2.05) is 30.3 Å². The molecule has 0 spiro atoms. The molecule has 3 aromatic rings. The van der Waals surface area contributed by atoms with Crippen molar-refractivity contribution in [2.24, 2.45) is 0 Å². The van der Waals surface area contributed by atoms with Gasteiger partial charge in [-0.3, -0.25) is 0 Å². The molecule has 0 bridgehead atoms. The number of halogens is 3. The van der Waals surface area contributed by atoms with E-state index in [1.165, 1.54) is 12.1 Å². The van der Waals surface area contributed by atoms with Gasteiger partial charge >= 0.3 is 0 Å². The molecule has 0 saturated carbocycles. The highest BCUT2D eigenvalue weighted by Gasteiger charge is 2.11. The predicted octanol–water partition coefficient (Wildman–Crippen LogP) is 5.37. The number of rotatable bonds is 2. The summed E-state index contributed by atoms with van der Waals surface area (Å²) in [5, 5.41) is 0.343. The van der Waals surface area contributed by atoms with E-state index in [9.17, 15) is 4.39 Å². The molecule has 0 aliphatic carbocycles. The summed E-state index contributed by atoms with van der Waals surface area (Å²) in [4.78, 5) is 8.74. The van der Waals surface area contributed by atoms with Crippen LogP contribution in [0.5, 0.6) is 0 Å². The van der Waals surface area contributed by atoms with Crippen LogP contribution >= 0.6 is 27.5 Å². The van der Waals surface area contributed by atoms with Crippen LogP contribution in [0, 0.1) is 5.82 Å². The molecule has 0 aliphatic rings. The monoisotopic (exact) mass is 362 g/mol. The fourth-order valence-electron chi connectivity index (χ4n) is 1.97. The molecule has 5 heteroatoms. The van der Waals surface area contributed by atoms with Crippen molar-refractivity contribution in [2.45, 2.75) is 0 Å². The third-order valence-electron chi connectivity index (χ3n) is 2.94. The Morgan fingerprint density at radius 2 is 1.71 bits per heavy atom. The van der Waals surface area contributed by atoms with Crippen LogP contribution in [0.2, 0.25) is 5.15 Å². The van der Waals surface area contributed by atoms with Crippen molar-refractivity contribution in [3.05, 3.63) is 70.0 Å². The van der Waals surface area contributed by atoms with E-state index < -0.39 is 0 Å². The Balaban J connectivity index is 2.14. The van der Waals surface area contributed by atoms with E-state index in [0.29, 0.717) is 21.0 Å². The van der Waals surface area contributed by atoms with Crippen LogP contribution < -0.4 is 0 Å². The molecule has 2 aromatic carbocycles. The molecule has 0 unspecified atom stereocenters. The third kappa shape index (κ3) is 3.12. The second-order valence-corrected chi connectivity index (χ2v) is 5.63. The molecule has 1 aromatic heterocycles. The Morgan fingerprint density at radius 3 is 2.43 bits per heavy atom. The highest BCUT2D eigenvalue weighted by Crippen LogP contribution is 2.29. The Labute approximate surface area is 134 Å². The highest BCUT2D eigenvalue weighted by atomic mass is 79.9. The summed E-state index contributed by atoms with van der Waals surface area (Å²) < 4.78 is 13.8. The van der Waals surface area contributed by atoms with Crippen LogP contribution in [-0.2, 0) is 0 Å². The molecule has 0 fully saturated rings. The topological polar surface area (TPSA) is 25.8 Å². The largest absolute Gasteiger partial charge is 0.228 e. The van der Waals surface area contributed by atoms with Gasteiger partial charge in [0.15, 0.2) is 5.82 Å². The standard InChI is InChI=1S/C16H9BrClFN2/c17-13-8-11(19)6-7-12(13)16-20-14(9-15(18)21-16)10-4-2-1-3-5-10/h1-9H. The van der Waals surface area contributed by atoms with E-state index >= 15 is 0 Å². The molecule has 21 heavy (non-hydrogen) atoms. The van der Waals surface area contributed by atoms with Crippen LogP contribution in [0.3, 0.4) is 0 Å². The van der Waals surface area contributed by atoms with Gasteiger partial charge in [0.05, 0.1) is 5.69 Å². The van der Waals surface area contributed by atoms with Gasteiger partial charge in [-0.2, -0.15) is 0 Å². The molecule has 3 rings (SSSR count). The average molecular weight is 364 g/mol. The van der Waals surface area contributed by atoms with Gasteiger partial charge in [0.25, 0.3) is 0 Å². The van der Waals surface area contributed by atoms with E-state index in [4.69, 9.17) is 11.6 Å². The maximum Gasteiger partial charge on any atom is 0.162 e. The fourth-order valence-corrected chi connectivity index (χ4v) is 2.68. The summed E-state index contributed by atoms with van der Waals surface area (Å²) in [5.41, 5.74) is 2.36. The summed E-state index contributed by atoms with van der Waals surface area (Å²) in [5.74, 6) is 0.129. The van der Waals surface area contributed by atoms with Gasteiger partial charge in [-0.15, -0.1) is 0 Å². The van der Waals surface area contributed by atoms with E-state index in [0.717, 1.165) is 11.3 Å². The van der Waals surface area contributed by atoms with Gasteiger partial charge in [-0.05, 0) is 34.1 Å². The lowest BCUT2D eigenvalue weighted by Gasteiger charge is -2.07. The smallest absolute Gasteiger partial charge is 0.162 e. The summed E-state index contributed by atoms with van der Waals surface area (Å²) in [6.45, 7) is 0. The minimum Gasteiger partial charge on any atom is -0.228 e. The van der Waals surface area contributed by atoms with Crippen LogP contribution in [-0.4, -0.2) is 9.97 Å². The first-order valence-corrected chi connectivity index (χ1v) is 7.36. The fraction of sp³-hybridized carbons (Fsp3) is 0. The van der Waals surface area contributed by atoms with Crippen LogP contribution in [0.4, 0.5) is 4.39 Å². The van der Waals surface area contributed by atoms with Crippen molar-refractivity contribution in [1.82, 2.24) is 9.97 Å². The first kappa shape index (κ1) is 14.2. The Bertz CT molecular complexity index is 794. The van der Waals surface area contributed by atoms with Gasteiger partial charge in [0, 0.05) is 21.7 Å². The van der Waals surface area contributed by atoms with Crippen molar-refractivity contribution in [3.63, 3.8) is 0 Å². The molecule has 1 heterocycles. The molecule has 2 nitrogen and oxygen atoms in total. The van der Waals surface area contributed by atoms with Gasteiger partial charge in [-0.25, -0.2) is 14.4 Å². The lowest BCUT2D eigenvalue weighted by atomic mass is 10.1. The Hall–Kier alpha value is -1.78. The van der Waals surface area contributed by atoms with Crippen molar-refractivity contribution < 1.29 is 4.39 Å². The van der Waals surface area contributed by atoms with E-state index in [2.05, 4.69) is 25.9 Å². The first-order chi connectivity index (χ1) is 10.1. The number of nitrogens with zero attached hydrogens (tertiary/aromatic N) is 2. The highest BCUT2D eigenvalue weighted by molar-refractivity contribution is 9.10. The lowest BCUT2D eigenvalue weighted by molar-refractivity contribution is 0.627. The number of hydrogen-bond donors (Lipinski definition) is 0. The Kier molecular flexibility index (Phi) is 3.99. The van der Waals surface area contributed by atoms with Crippen molar-refractivity contribution in [2.75, 3.05) is 0 Å². The minimum absolute atomic E-state index is 0.323. The number of benzene rings is 2. The van der Waals surface area contributed by atoms with Crippen LogP contribution in [0.15, 0.2) is 59.1 Å². The summed E-state index contributed by atoms with van der Waals surface area (Å²) in [6.07, 6.45) is 0. The molecule has 0 N–H and O–H groups in total. The quantitative estimate of drug-likeness (QED) is 0.572. The number of aromatic nitrogens is 2. The van der Waals surface area contributed by atoms with Crippen LogP contribution in [0.25, 0.3) is 22.6 Å². The minimum atomic E-state index is -0.323. The van der Waals surface area contributed by atoms with Gasteiger partial charge in [0.2, 0.25) is 0 Å². The van der Waals surface area contributed by atoms with E-state index in [-0.39, 0.29) is 5.82 Å². The van der Waals surface area contributed by atoms with Gasteiger partial charge in [0.1, 0.15) is 11.0 Å². The SMILES string of the molecule is Fc1ccc(-c2nc(Cl)cc(-c3ccccc3)n2)c(Br)c1. The molecule has 0 radical (unpaired) electrons. The zero-order chi connectivity index (χ0) is 14.8. The molecule has 0 amide bonds. The third-order valence-corrected chi connectivity index (χ3v) is 3.79. The van der Waals surface area contributed by atoms with Gasteiger partial charge in [-0.1, -0.05) is 41.9 Å². The molecule has 0 saturated heterocycles. The van der Waals surface area contributed by atoms with Crippen molar-refractivity contribution in [3.8, 4) is 22.6 Å². The molecule has 0 aliphatic heterocycles. The second kappa shape index (κ2) is 5.92. The summed E-state index contributed by atoms with van der Waals surface area (Å²) in [6, 6.07) is 15.8. The zero-order valence-corrected chi connectivity index (χ0v) is 13.1. The average Bonchev–Trinajstić information content (AvgIpc) is 2.47. The summed E-state index contributed by atoms with van der Waals surface area (Å²) in [7, 11) is 0. The van der Waals surface area contributed by atoms with Crippen molar-refractivity contribution >= 4 is 27.5 Å². The zero-order valence-electron chi connectivity index (χ0n) is 10.7. The Morgan fingerprint density at radius 1 is 0.952 bits per heavy atom. The van der Waals surface area contributed by atoms with E-state index in [1.54, 1.807) is 12.1 Å². The molecular formula is C16H9BrClFN2. The molecule has 0 atom stereocenters. The number of hydrogen-bond acceptors (Lipinski definition) is 2. The lowest BCUT2D eigenvalue weighted by Crippen LogP contribution is -1.94. The van der Waals surface area contributed by atoms with Crippen molar-refractivity contribution in [1.29, 1.82) is 0 Å². The second-order valence-electron chi connectivity index (χ2n) is 4.39. The predicted molar refractivity (Wildman–Crippen MR) is 85.6 cm³/mol. The maximum atomic E-state index is 13.2. The maximum absolute atomic E-state index is 13.2. The summed E-state index contributed by atoms with van der Waals surface area (Å²) >= 11 is 9.42. The van der Waals surface area contributed by atoms with Crippen LogP contribution in [0.1, 0.15) is 0 Å². The normalized spacial score (nSPS) is 10.6.